The molecule has 25 heavy (non-hydrogen) atoms. The van der Waals surface area contributed by atoms with E-state index in [2.05, 4.69) is 18.9 Å². The number of unbranched alkanes of at least 4 members (excludes halogenated alkanes) is 7. The highest BCUT2D eigenvalue weighted by Gasteiger charge is 2.40. The van der Waals surface area contributed by atoms with E-state index in [1.807, 2.05) is 6.92 Å². The zero-order chi connectivity index (χ0) is 18.9. The van der Waals surface area contributed by atoms with E-state index in [1.54, 1.807) is 0 Å². The van der Waals surface area contributed by atoms with Crippen molar-refractivity contribution in [2.45, 2.75) is 103 Å². The minimum absolute atomic E-state index is 0.565. The van der Waals surface area contributed by atoms with Gasteiger partial charge in [-0.25, -0.2) is 4.39 Å². The highest BCUT2D eigenvalue weighted by Crippen LogP contribution is 2.34. The van der Waals surface area contributed by atoms with Crippen molar-refractivity contribution in [3.05, 3.63) is 17.7 Å². The molecule has 0 saturated heterocycles. The predicted molar refractivity (Wildman–Crippen MR) is 93.0 cm³/mol. The largest absolute Gasteiger partial charge is 0.438 e. The smallest absolute Gasteiger partial charge is 0.263 e. The topological polar surface area (TPSA) is 17.8 Å². The van der Waals surface area contributed by atoms with Crippen LogP contribution in [0, 0.1) is 5.82 Å². The van der Waals surface area contributed by atoms with E-state index in [0.717, 1.165) is 70.4 Å². The summed E-state index contributed by atoms with van der Waals surface area (Å²) in [6.45, 7) is 6.17. The summed E-state index contributed by atoms with van der Waals surface area (Å²) in [6, 6.07) is 0. The normalized spacial score (nSPS) is 14.7. The van der Waals surface area contributed by atoms with Crippen LogP contribution in [0.25, 0.3) is 0 Å². The summed E-state index contributed by atoms with van der Waals surface area (Å²) in [6.07, 6.45) is 7.20. The quantitative estimate of drug-likeness (QED) is 0.286. The molecule has 0 spiro atoms. The van der Waals surface area contributed by atoms with E-state index in [0.29, 0.717) is 0 Å². The number of hydrogen-bond donors (Lipinski definition) is 0. The number of hydrogen-bond acceptors (Lipinski definition) is 1. The summed E-state index contributed by atoms with van der Waals surface area (Å²) in [4.78, 5) is 0. The molecular weight excluding hydrogens is 332 g/mol. The van der Waals surface area contributed by atoms with Crippen LogP contribution in [0.5, 0.6) is 0 Å². The summed E-state index contributed by atoms with van der Waals surface area (Å²) in [7, 11) is 0. The van der Waals surface area contributed by atoms with Crippen molar-refractivity contribution >= 4 is 0 Å². The molecule has 0 fully saturated rings. The number of aromatic nitrogens is 2. The Balaban J connectivity index is 2.85. The van der Waals surface area contributed by atoms with Crippen molar-refractivity contribution in [1.82, 2.24) is 9.78 Å². The second-order valence-electron chi connectivity index (χ2n) is 7.24. The van der Waals surface area contributed by atoms with E-state index < -0.39 is 23.2 Å². The Morgan fingerprint density at radius 2 is 1.36 bits per heavy atom. The van der Waals surface area contributed by atoms with Gasteiger partial charge >= 0.3 is 6.18 Å². The molecule has 0 amide bonds. The summed E-state index contributed by atoms with van der Waals surface area (Å²) >= 11 is 0. The van der Waals surface area contributed by atoms with Gasteiger partial charge in [-0.15, -0.1) is 0 Å². The molecule has 0 N–H and O–H groups in total. The van der Waals surface area contributed by atoms with Crippen LogP contribution in [-0.4, -0.2) is 9.78 Å². The fourth-order valence-corrected chi connectivity index (χ4v) is 3.22. The van der Waals surface area contributed by atoms with Crippen LogP contribution in [0.15, 0.2) is 6.20 Å². The van der Waals surface area contributed by atoms with E-state index in [1.165, 1.54) is 11.1 Å². The molecular formula is C19H32F4N2. The Labute approximate surface area is 149 Å². The van der Waals surface area contributed by atoms with E-state index in [4.69, 9.17) is 0 Å². The van der Waals surface area contributed by atoms with Crippen molar-refractivity contribution < 1.29 is 17.6 Å². The van der Waals surface area contributed by atoms with Gasteiger partial charge in [0.05, 0.1) is 11.7 Å². The molecule has 0 aromatic carbocycles. The number of halogens is 4. The van der Waals surface area contributed by atoms with Crippen LogP contribution < -0.4 is 0 Å². The van der Waals surface area contributed by atoms with Crippen LogP contribution in [0.1, 0.15) is 97.1 Å². The predicted octanol–water partition coefficient (Wildman–Crippen LogP) is 7.09. The van der Waals surface area contributed by atoms with Gasteiger partial charge in [-0.2, -0.15) is 18.3 Å². The van der Waals surface area contributed by atoms with Crippen molar-refractivity contribution in [3.8, 4) is 0 Å². The molecule has 1 rings (SSSR count). The first-order chi connectivity index (χ1) is 11.7. The summed E-state index contributed by atoms with van der Waals surface area (Å²) in [5.41, 5.74) is -1.97. The fraction of sp³-hybridized carbons (Fsp3) is 0.842. The SMILES string of the molecule is CCCCCCCC(C)(CCCCCC)n1cc(F)c(C(F)(F)F)n1. The summed E-state index contributed by atoms with van der Waals surface area (Å²) < 4.78 is 53.6. The van der Waals surface area contributed by atoms with Crippen LogP contribution in [0.2, 0.25) is 0 Å². The minimum Gasteiger partial charge on any atom is -0.263 e. The van der Waals surface area contributed by atoms with Crippen molar-refractivity contribution in [2.75, 3.05) is 0 Å². The van der Waals surface area contributed by atoms with Crippen LogP contribution in [-0.2, 0) is 11.7 Å². The number of nitrogens with zero attached hydrogens (tertiary/aromatic N) is 2. The molecule has 1 heterocycles. The maximum absolute atomic E-state index is 13.8. The van der Waals surface area contributed by atoms with Gasteiger partial charge in [-0.3, -0.25) is 4.68 Å². The summed E-state index contributed by atoms with van der Waals surface area (Å²) in [5, 5.41) is 3.58. The minimum atomic E-state index is -4.75. The molecule has 1 unspecified atom stereocenters. The van der Waals surface area contributed by atoms with Crippen molar-refractivity contribution in [2.24, 2.45) is 0 Å². The zero-order valence-corrected chi connectivity index (χ0v) is 15.8. The van der Waals surface area contributed by atoms with Gasteiger partial charge in [0.25, 0.3) is 0 Å². The average molecular weight is 364 g/mol. The van der Waals surface area contributed by atoms with E-state index in [-0.39, 0.29) is 0 Å². The van der Waals surface area contributed by atoms with Gasteiger partial charge in [0.2, 0.25) is 5.69 Å². The Bertz CT molecular complexity index is 496. The first-order valence-electron chi connectivity index (χ1n) is 9.57. The third kappa shape index (κ3) is 6.98. The zero-order valence-electron chi connectivity index (χ0n) is 15.8. The van der Waals surface area contributed by atoms with Crippen molar-refractivity contribution in [3.63, 3.8) is 0 Å². The highest BCUT2D eigenvalue weighted by molar-refractivity contribution is 5.08. The lowest BCUT2D eigenvalue weighted by Crippen LogP contribution is -2.31. The molecule has 6 heteroatoms. The first-order valence-corrected chi connectivity index (χ1v) is 9.57. The van der Waals surface area contributed by atoms with Crippen LogP contribution in [0.4, 0.5) is 17.6 Å². The third-order valence-electron chi connectivity index (χ3n) is 4.88. The molecule has 2 nitrogen and oxygen atoms in total. The lowest BCUT2D eigenvalue weighted by Gasteiger charge is -2.30. The van der Waals surface area contributed by atoms with E-state index >= 15 is 0 Å². The Morgan fingerprint density at radius 3 is 1.80 bits per heavy atom. The molecule has 0 aliphatic heterocycles. The third-order valence-corrected chi connectivity index (χ3v) is 4.88. The average Bonchev–Trinajstić information content (AvgIpc) is 2.94. The maximum atomic E-state index is 13.8. The Morgan fingerprint density at radius 1 is 0.880 bits per heavy atom. The molecule has 0 aliphatic rings. The molecule has 1 atom stereocenters. The maximum Gasteiger partial charge on any atom is 0.438 e. The highest BCUT2D eigenvalue weighted by atomic mass is 19.4. The fourth-order valence-electron chi connectivity index (χ4n) is 3.22. The number of rotatable bonds is 12. The molecule has 0 saturated carbocycles. The first kappa shape index (κ1) is 22.0. The monoisotopic (exact) mass is 364 g/mol. The number of alkyl halides is 3. The van der Waals surface area contributed by atoms with Gasteiger partial charge in [0.1, 0.15) is 0 Å². The Hall–Kier alpha value is -1.07. The van der Waals surface area contributed by atoms with E-state index in [9.17, 15) is 17.6 Å². The molecule has 0 bridgehead atoms. The standard InChI is InChI=1S/C19H32F4N2/c1-4-6-8-10-12-14-18(3,13-11-9-7-5-2)25-15-16(20)17(24-25)19(21,22)23/h15H,4-14H2,1-3H3. The lowest BCUT2D eigenvalue weighted by molar-refractivity contribution is -0.144. The molecule has 0 radical (unpaired) electrons. The second-order valence-corrected chi connectivity index (χ2v) is 7.24. The lowest BCUT2D eigenvalue weighted by atomic mass is 9.88. The van der Waals surface area contributed by atoms with Gasteiger partial charge < -0.3 is 0 Å². The van der Waals surface area contributed by atoms with Crippen molar-refractivity contribution in [1.29, 1.82) is 0 Å². The van der Waals surface area contributed by atoms with Crippen LogP contribution >= 0.6 is 0 Å². The van der Waals surface area contributed by atoms with Gasteiger partial charge in [-0.05, 0) is 19.8 Å². The Kier molecular flexibility index (Phi) is 8.94. The summed E-state index contributed by atoms with van der Waals surface area (Å²) in [5.74, 6) is -1.28. The van der Waals surface area contributed by atoms with Gasteiger partial charge in [0, 0.05) is 0 Å². The second kappa shape index (κ2) is 10.2. The molecule has 1 aromatic rings. The molecule has 1 aromatic heterocycles. The molecule has 146 valence electrons. The van der Waals surface area contributed by atoms with Crippen LogP contribution in [0.3, 0.4) is 0 Å². The van der Waals surface area contributed by atoms with Gasteiger partial charge in [-0.1, -0.05) is 71.6 Å². The molecule has 0 aliphatic carbocycles. The van der Waals surface area contributed by atoms with Gasteiger partial charge in [0.15, 0.2) is 5.82 Å².